The zero-order valence-electron chi connectivity index (χ0n) is 39.8. The molecule has 1 N–H and O–H groups in total. The van der Waals surface area contributed by atoms with Crippen molar-refractivity contribution >= 4 is 17.2 Å². The van der Waals surface area contributed by atoms with Crippen LogP contribution in [-0.4, -0.2) is 15.1 Å². The molecule has 5 heteroatoms. The van der Waals surface area contributed by atoms with Gasteiger partial charge in [-0.15, -0.1) is 29.8 Å². The topological polar surface area (TPSA) is 49.2 Å². The molecule has 2 heterocycles. The zero-order chi connectivity index (χ0) is 45.0. The molecule has 2 aromatic heterocycles. The van der Waals surface area contributed by atoms with E-state index < -0.39 is 12.3 Å². The first kappa shape index (κ1) is 38.6. The molecule has 0 aliphatic heterocycles. The summed E-state index contributed by atoms with van der Waals surface area (Å²) in [5, 5.41) is 12.1. The normalized spacial score (nSPS) is 14.5. The molecule has 0 unspecified atom stereocenters. The molecule has 9 rings (SSSR count). The molecule has 7 aromatic rings. The molecular weight excluding hydrogens is 926 g/mol. The molecule has 0 bridgehead atoms. The summed E-state index contributed by atoms with van der Waals surface area (Å²) in [7, 11) is 0. The Balaban J connectivity index is 0.00000560. The Morgan fingerprint density at radius 2 is 1.25 bits per heavy atom. The van der Waals surface area contributed by atoms with Crippen LogP contribution in [0.4, 0.5) is 17.2 Å². The number of phenolic OH excluding ortho intramolecular Hbond substituents is 1. The van der Waals surface area contributed by atoms with Crippen LogP contribution in [0.3, 0.4) is 0 Å². The van der Waals surface area contributed by atoms with Gasteiger partial charge in [-0.3, -0.25) is 0 Å². The minimum Gasteiger partial charge on any atom is -0.507 e. The SMILES string of the molecule is [2H]C([2H])([2H])c1cccc(-c2[c-]c(N(c3cc(C(C)C)cc(C(C)C)c3)c3ccc4c(n3)-c3c(O)cccc3C43c4cc(C(C)(C)C)ccc4-c4ccc(C(C)(C)C)cc43)ccc2)n1.[Pt]. The maximum atomic E-state index is 12.1. The molecule has 5 aromatic carbocycles. The zero-order valence-corrected chi connectivity index (χ0v) is 39.1. The molecule has 0 atom stereocenters. The molecular formula is C56H56N3OPt-. The number of phenols is 1. The summed E-state index contributed by atoms with van der Waals surface area (Å²) in [6.45, 7) is 20.1. The van der Waals surface area contributed by atoms with E-state index in [1.807, 2.05) is 30.3 Å². The van der Waals surface area contributed by atoms with Crippen LogP contribution in [0.15, 0.2) is 121 Å². The Hall–Kier alpha value is -5.31. The number of pyridine rings is 2. The van der Waals surface area contributed by atoms with Crippen LogP contribution in [0.1, 0.15) is 135 Å². The van der Waals surface area contributed by atoms with Gasteiger partial charge in [0, 0.05) is 42.1 Å². The molecule has 2 aliphatic rings. The molecule has 0 amide bonds. The minimum atomic E-state index is -2.35. The number of hydrogen-bond donors (Lipinski definition) is 1. The summed E-state index contributed by atoms with van der Waals surface area (Å²) in [4.78, 5) is 12.4. The van der Waals surface area contributed by atoms with Crippen molar-refractivity contribution in [3.8, 4) is 39.4 Å². The molecule has 312 valence electrons. The molecule has 2 aliphatic carbocycles. The maximum absolute atomic E-state index is 12.1. The van der Waals surface area contributed by atoms with E-state index in [2.05, 4.69) is 158 Å². The number of fused-ring (bicyclic) bond motifs is 10. The summed E-state index contributed by atoms with van der Waals surface area (Å²) >= 11 is 0. The van der Waals surface area contributed by atoms with Crippen LogP contribution >= 0.6 is 0 Å². The first-order valence-corrected chi connectivity index (χ1v) is 21.3. The fourth-order valence-corrected chi connectivity index (χ4v) is 9.32. The molecule has 1 spiro atoms. The Bertz CT molecular complexity index is 2870. The molecule has 0 fully saturated rings. The second-order valence-electron chi connectivity index (χ2n) is 19.4. The Kier molecular flexibility index (Phi) is 9.65. The van der Waals surface area contributed by atoms with Gasteiger partial charge in [-0.2, -0.15) is 0 Å². The van der Waals surface area contributed by atoms with E-state index in [0.29, 0.717) is 17.1 Å². The van der Waals surface area contributed by atoms with Gasteiger partial charge in [-0.25, -0.2) is 4.98 Å². The number of nitrogens with zero attached hydrogens (tertiary/aromatic N) is 3. The van der Waals surface area contributed by atoms with Gasteiger partial charge >= 0.3 is 0 Å². The van der Waals surface area contributed by atoms with Crippen molar-refractivity contribution in [2.75, 3.05) is 4.90 Å². The third-order valence-corrected chi connectivity index (χ3v) is 12.7. The van der Waals surface area contributed by atoms with E-state index in [4.69, 9.17) is 9.10 Å². The number of benzene rings is 5. The van der Waals surface area contributed by atoms with Crippen LogP contribution in [-0.2, 0) is 37.3 Å². The average molecular weight is 985 g/mol. The fraction of sp³-hybridized carbons (Fsp3) is 0.286. The van der Waals surface area contributed by atoms with Crippen molar-refractivity contribution < 1.29 is 30.3 Å². The second-order valence-corrected chi connectivity index (χ2v) is 19.4. The van der Waals surface area contributed by atoms with Gasteiger partial charge in [0.05, 0.1) is 11.1 Å². The van der Waals surface area contributed by atoms with Crippen LogP contribution in [0, 0.1) is 12.9 Å². The standard InChI is InChI=1S/C56H56N3O.Pt/c1-33(2)37-27-38(34(3)4)30-42(29-37)59(41-17-13-16-36(28-41)49-19-12-15-35(5)57-49)51-26-25-46-53(58-51)52-45(18-14-20-50(52)60)56(46)47-31-39(54(6,7)8)21-23-43(47)44-24-22-40(32-48(44)56)55(9,10)11;/h12-27,29-34,60H,1-11H3;/q-1;/i5D3;. The van der Waals surface area contributed by atoms with E-state index in [1.54, 1.807) is 18.2 Å². The average Bonchev–Trinajstić information content (AvgIpc) is 3.70. The van der Waals surface area contributed by atoms with Crippen LogP contribution in [0.5, 0.6) is 5.75 Å². The number of aromatic hydroxyl groups is 1. The van der Waals surface area contributed by atoms with Gasteiger partial charge in [0.15, 0.2) is 0 Å². The number of aryl methyl sites for hydroxylation is 1. The van der Waals surface area contributed by atoms with Crippen molar-refractivity contribution in [3.05, 3.63) is 178 Å². The van der Waals surface area contributed by atoms with Crippen molar-refractivity contribution in [3.63, 3.8) is 0 Å². The number of rotatable bonds is 6. The van der Waals surface area contributed by atoms with E-state index in [1.165, 1.54) is 44.5 Å². The first-order valence-electron chi connectivity index (χ1n) is 22.8. The summed E-state index contributed by atoms with van der Waals surface area (Å²) in [6, 6.07) is 45.6. The van der Waals surface area contributed by atoms with Gasteiger partial charge in [-0.05, 0) is 127 Å². The summed E-state index contributed by atoms with van der Waals surface area (Å²) in [5.41, 5.74) is 15.2. The number of anilines is 3. The predicted molar refractivity (Wildman–Crippen MR) is 249 cm³/mol. The Morgan fingerprint density at radius 3 is 1.84 bits per heavy atom. The molecule has 4 nitrogen and oxygen atoms in total. The molecule has 0 saturated carbocycles. The monoisotopic (exact) mass is 984 g/mol. The largest absolute Gasteiger partial charge is 0.507 e. The van der Waals surface area contributed by atoms with Gasteiger partial charge in [0.2, 0.25) is 0 Å². The minimum absolute atomic E-state index is 0. The second kappa shape index (κ2) is 15.2. The molecule has 61 heavy (non-hydrogen) atoms. The summed E-state index contributed by atoms with van der Waals surface area (Å²) in [6.07, 6.45) is 0. The van der Waals surface area contributed by atoms with Crippen LogP contribution in [0.25, 0.3) is 33.6 Å². The van der Waals surface area contributed by atoms with Crippen LogP contribution in [0.2, 0.25) is 0 Å². The quantitative estimate of drug-likeness (QED) is 0.169. The van der Waals surface area contributed by atoms with E-state index in [9.17, 15) is 5.11 Å². The predicted octanol–water partition coefficient (Wildman–Crippen LogP) is 14.6. The summed E-state index contributed by atoms with van der Waals surface area (Å²) in [5.74, 6) is 1.38. The number of hydrogen-bond acceptors (Lipinski definition) is 4. The fourth-order valence-electron chi connectivity index (χ4n) is 9.32. The smallest absolute Gasteiger partial charge is 0.136 e. The van der Waals surface area contributed by atoms with Gasteiger partial charge in [0.1, 0.15) is 11.6 Å². The van der Waals surface area contributed by atoms with E-state index in [0.717, 1.165) is 33.8 Å². The maximum Gasteiger partial charge on any atom is 0.136 e. The van der Waals surface area contributed by atoms with Crippen molar-refractivity contribution in [1.29, 1.82) is 0 Å². The third-order valence-electron chi connectivity index (χ3n) is 12.7. The Morgan fingerprint density at radius 1 is 0.639 bits per heavy atom. The molecule has 0 saturated heterocycles. The first-order chi connectivity index (χ1) is 29.7. The van der Waals surface area contributed by atoms with Crippen molar-refractivity contribution in [1.82, 2.24) is 9.97 Å². The van der Waals surface area contributed by atoms with Gasteiger partial charge in [-0.1, -0.05) is 142 Å². The number of aromatic nitrogens is 2. The van der Waals surface area contributed by atoms with Crippen LogP contribution < -0.4 is 4.90 Å². The van der Waals surface area contributed by atoms with E-state index >= 15 is 0 Å². The summed E-state index contributed by atoms with van der Waals surface area (Å²) < 4.78 is 24.1. The molecule has 0 radical (unpaired) electrons. The Labute approximate surface area is 381 Å². The third kappa shape index (κ3) is 6.96. The van der Waals surface area contributed by atoms with Crippen molar-refractivity contribution in [2.45, 2.75) is 104 Å². The van der Waals surface area contributed by atoms with Crippen molar-refractivity contribution in [2.24, 2.45) is 0 Å². The van der Waals surface area contributed by atoms with Gasteiger partial charge < -0.3 is 15.0 Å². The van der Waals surface area contributed by atoms with E-state index in [-0.39, 0.29) is 55.2 Å². The van der Waals surface area contributed by atoms with Gasteiger partial charge in [0.25, 0.3) is 0 Å².